The number of carbonyl (C=O) groups is 1. The number of methoxy groups -OCH3 is 1. The Hall–Kier alpha value is -4.15. The van der Waals surface area contributed by atoms with Crippen molar-refractivity contribution in [3.05, 3.63) is 71.5 Å². The molecule has 34 heavy (non-hydrogen) atoms. The summed E-state index contributed by atoms with van der Waals surface area (Å²) in [4.78, 5) is 17.5. The van der Waals surface area contributed by atoms with E-state index in [9.17, 15) is 18.0 Å². The van der Waals surface area contributed by atoms with Gasteiger partial charge in [-0.2, -0.15) is 0 Å². The average Bonchev–Trinajstić information content (AvgIpc) is 3.26. The number of hydrogen-bond acceptors (Lipinski definition) is 6. The van der Waals surface area contributed by atoms with E-state index >= 15 is 0 Å². The molecule has 176 valence electrons. The molecule has 0 bridgehead atoms. The molecule has 0 radical (unpaired) electrons. The van der Waals surface area contributed by atoms with Crippen LogP contribution in [0.25, 0.3) is 16.8 Å². The van der Waals surface area contributed by atoms with Crippen molar-refractivity contribution < 1.29 is 31.6 Å². The summed E-state index contributed by atoms with van der Waals surface area (Å²) in [5.41, 5.74) is 1.78. The lowest BCUT2D eigenvalue weighted by molar-refractivity contribution is -0.275. The summed E-state index contributed by atoms with van der Waals surface area (Å²) < 4.78 is 71.5. The van der Waals surface area contributed by atoms with Crippen LogP contribution in [0.3, 0.4) is 0 Å². The Morgan fingerprint density at radius 1 is 1.21 bits per heavy atom. The standard InChI is InChI=1S/C23H20F3N5O3/c1-13(16-8-4-5-10-20(16)34-23(24,25)26)28-21(32)18-11-17(14(2)29-22(18)33-3)19-9-6-7-15-12-27-30-31(15)19/h4-13H,1-3H3,(H,28,32)/i3D3. The van der Waals surface area contributed by atoms with Crippen LogP contribution in [0.15, 0.2) is 54.7 Å². The van der Waals surface area contributed by atoms with E-state index < -0.39 is 37.0 Å². The van der Waals surface area contributed by atoms with Gasteiger partial charge in [0.2, 0.25) is 5.88 Å². The summed E-state index contributed by atoms with van der Waals surface area (Å²) in [7, 11) is -2.92. The Kier molecular flexibility index (Phi) is 5.12. The first-order valence-electron chi connectivity index (χ1n) is 11.5. The number of halogens is 3. The Bertz CT molecular complexity index is 1460. The minimum atomic E-state index is -4.93. The van der Waals surface area contributed by atoms with Crippen LogP contribution >= 0.6 is 0 Å². The van der Waals surface area contributed by atoms with Gasteiger partial charge in [0.15, 0.2) is 0 Å². The maximum Gasteiger partial charge on any atom is 0.573 e. The van der Waals surface area contributed by atoms with Crippen molar-refractivity contribution >= 4 is 11.4 Å². The van der Waals surface area contributed by atoms with Crippen LogP contribution in [-0.2, 0) is 0 Å². The molecule has 4 rings (SSSR count). The number of pyridine rings is 2. The van der Waals surface area contributed by atoms with Crippen LogP contribution in [0, 0.1) is 6.92 Å². The Labute approximate surface area is 196 Å². The zero-order valence-electron chi connectivity index (χ0n) is 20.9. The second-order valence-corrected chi connectivity index (χ2v) is 7.34. The van der Waals surface area contributed by atoms with E-state index in [1.807, 2.05) is 0 Å². The number of para-hydroxylation sites is 1. The molecule has 1 amide bonds. The van der Waals surface area contributed by atoms with Crippen LogP contribution in [0.5, 0.6) is 11.6 Å². The molecule has 3 aromatic heterocycles. The van der Waals surface area contributed by atoms with Gasteiger partial charge in [0.1, 0.15) is 11.3 Å². The molecule has 0 saturated carbocycles. The second kappa shape index (κ2) is 9.00. The smallest absolute Gasteiger partial charge is 0.480 e. The largest absolute Gasteiger partial charge is 0.573 e. The minimum Gasteiger partial charge on any atom is -0.480 e. The number of fused-ring (bicyclic) bond motifs is 1. The lowest BCUT2D eigenvalue weighted by Crippen LogP contribution is -2.28. The van der Waals surface area contributed by atoms with E-state index in [1.165, 1.54) is 41.9 Å². The first kappa shape index (κ1) is 19.3. The monoisotopic (exact) mass is 474 g/mol. The van der Waals surface area contributed by atoms with Crippen LogP contribution < -0.4 is 14.8 Å². The van der Waals surface area contributed by atoms with E-state index in [-0.39, 0.29) is 11.1 Å². The molecule has 0 saturated heterocycles. The van der Waals surface area contributed by atoms with Gasteiger partial charge in [-0.15, -0.1) is 18.3 Å². The molecule has 0 spiro atoms. The highest BCUT2D eigenvalue weighted by atomic mass is 19.4. The first-order chi connectivity index (χ1) is 17.3. The molecule has 0 fully saturated rings. The molecule has 0 aliphatic rings. The van der Waals surface area contributed by atoms with Crippen molar-refractivity contribution in [2.24, 2.45) is 0 Å². The lowest BCUT2D eigenvalue weighted by Gasteiger charge is -2.20. The third kappa shape index (κ3) is 4.63. The van der Waals surface area contributed by atoms with Gasteiger partial charge in [-0.05, 0) is 38.1 Å². The molecule has 1 atom stereocenters. The van der Waals surface area contributed by atoms with Gasteiger partial charge >= 0.3 is 6.36 Å². The van der Waals surface area contributed by atoms with Crippen molar-refractivity contribution in [1.29, 1.82) is 0 Å². The number of alkyl halides is 3. The van der Waals surface area contributed by atoms with E-state index in [0.717, 1.165) is 6.07 Å². The zero-order valence-corrected chi connectivity index (χ0v) is 17.9. The molecule has 3 heterocycles. The molecule has 8 nitrogen and oxygen atoms in total. The van der Waals surface area contributed by atoms with E-state index in [1.54, 1.807) is 25.1 Å². The number of amides is 1. The fourth-order valence-electron chi connectivity index (χ4n) is 3.55. The minimum absolute atomic E-state index is 0.0548. The summed E-state index contributed by atoms with van der Waals surface area (Å²) in [5, 5.41) is 10.5. The Morgan fingerprint density at radius 3 is 2.76 bits per heavy atom. The maximum atomic E-state index is 13.3. The van der Waals surface area contributed by atoms with Gasteiger partial charge in [0, 0.05) is 11.1 Å². The number of nitrogens with one attached hydrogen (secondary N) is 1. The quantitative estimate of drug-likeness (QED) is 0.443. The van der Waals surface area contributed by atoms with Crippen LogP contribution in [0.1, 0.15) is 38.7 Å². The number of hydrogen-bond donors (Lipinski definition) is 1. The first-order valence-corrected chi connectivity index (χ1v) is 9.98. The molecular weight excluding hydrogens is 451 g/mol. The normalized spacial score (nSPS) is 14.1. The molecule has 1 aromatic carbocycles. The predicted molar refractivity (Wildman–Crippen MR) is 117 cm³/mol. The second-order valence-electron chi connectivity index (χ2n) is 7.34. The summed E-state index contributed by atoms with van der Waals surface area (Å²) in [6.07, 6.45) is -3.40. The molecule has 1 N–H and O–H groups in total. The number of benzene rings is 1. The van der Waals surface area contributed by atoms with Crippen molar-refractivity contribution in [3.8, 4) is 22.9 Å². The van der Waals surface area contributed by atoms with Gasteiger partial charge in [-0.3, -0.25) is 4.79 Å². The van der Waals surface area contributed by atoms with Crippen molar-refractivity contribution in [3.63, 3.8) is 0 Å². The number of nitrogens with zero attached hydrogens (tertiary/aromatic N) is 4. The Balaban J connectivity index is 1.75. The van der Waals surface area contributed by atoms with Gasteiger partial charge in [0.25, 0.3) is 5.91 Å². The fourth-order valence-corrected chi connectivity index (χ4v) is 3.55. The number of aryl methyl sites for hydroxylation is 1. The predicted octanol–water partition coefficient (Wildman–Crippen LogP) is 4.50. The molecule has 4 aromatic rings. The topological polar surface area (TPSA) is 90.6 Å². The summed E-state index contributed by atoms with van der Waals surface area (Å²) in [6, 6.07) is 11.0. The Morgan fingerprint density at radius 2 is 2.00 bits per heavy atom. The summed E-state index contributed by atoms with van der Waals surface area (Å²) in [5.74, 6) is -1.77. The third-order valence-corrected chi connectivity index (χ3v) is 5.08. The number of aromatic nitrogens is 4. The van der Waals surface area contributed by atoms with Crippen molar-refractivity contribution in [2.45, 2.75) is 26.3 Å². The average molecular weight is 474 g/mol. The lowest BCUT2D eigenvalue weighted by atomic mass is 10.0. The van der Waals surface area contributed by atoms with Gasteiger partial charge in [0.05, 0.1) is 40.3 Å². The number of rotatable bonds is 6. The van der Waals surface area contributed by atoms with E-state index in [4.69, 9.17) is 8.85 Å². The number of carbonyl (C=O) groups excluding carboxylic acids is 1. The van der Waals surface area contributed by atoms with Gasteiger partial charge in [-0.25, -0.2) is 9.50 Å². The highest BCUT2D eigenvalue weighted by Gasteiger charge is 2.33. The highest BCUT2D eigenvalue weighted by molar-refractivity contribution is 5.98. The zero-order chi connectivity index (χ0) is 27.0. The van der Waals surface area contributed by atoms with Crippen molar-refractivity contribution in [1.82, 2.24) is 25.1 Å². The van der Waals surface area contributed by atoms with Crippen LogP contribution in [0.2, 0.25) is 0 Å². The van der Waals surface area contributed by atoms with E-state index in [2.05, 4.69) is 25.3 Å². The summed E-state index contributed by atoms with van der Waals surface area (Å²) >= 11 is 0. The molecule has 0 aliphatic carbocycles. The molecule has 1 unspecified atom stereocenters. The van der Waals surface area contributed by atoms with Crippen LogP contribution in [0.4, 0.5) is 13.2 Å². The molecular formula is C23H20F3N5O3. The maximum absolute atomic E-state index is 13.3. The molecule has 0 aliphatic heterocycles. The highest BCUT2D eigenvalue weighted by Crippen LogP contribution is 2.32. The van der Waals surface area contributed by atoms with Crippen molar-refractivity contribution in [2.75, 3.05) is 7.04 Å². The summed E-state index contributed by atoms with van der Waals surface area (Å²) in [6.45, 7) is 3.06. The van der Waals surface area contributed by atoms with Crippen LogP contribution in [-0.4, -0.2) is 39.1 Å². The van der Waals surface area contributed by atoms with Gasteiger partial charge < -0.3 is 14.8 Å². The van der Waals surface area contributed by atoms with E-state index in [0.29, 0.717) is 22.5 Å². The fraction of sp³-hybridized carbons (Fsp3) is 0.217. The third-order valence-electron chi connectivity index (χ3n) is 5.08. The van der Waals surface area contributed by atoms with Gasteiger partial charge in [-0.1, -0.05) is 29.5 Å². The number of ether oxygens (including phenoxy) is 2. The molecule has 11 heteroatoms. The SMILES string of the molecule is [2H]C([2H])([2H])Oc1nc(C)c(-c2cccc3cnnn23)cc1C(=O)NC(C)c1ccccc1OC(F)(F)F.